The van der Waals surface area contributed by atoms with Crippen LogP contribution in [0.3, 0.4) is 0 Å². The van der Waals surface area contributed by atoms with Crippen molar-refractivity contribution in [3.63, 3.8) is 0 Å². The Balaban J connectivity index is 2.03. The van der Waals surface area contributed by atoms with Crippen molar-refractivity contribution in [2.24, 2.45) is 0 Å². The number of aryl methyl sites for hydroxylation is 2. The van der Waals surface area contributed by atoms with Gasteiger partial charge in [0, 0.05) is 13.7 Å². The Morgan fingerprint density at radius 1 is 1.37 bits per heavy atom. The normalized spacial score (nSPS) is 12.3. The summed E-state index contributed by atoms with van der Waals surface area (Å²) < 4.78 is 16.0. The Labute approximate surface area is 161 Å². The van der Waals surface area contributed by atoms with Crippen LogP contribution in [0.2, 0.25) is 0 Å². The Morgan fingerprint density at radius 2 is 2.19 bits per heavy atom. The summed E-state index contributed by atoms with van der Waals surface area (Å²) in [7, 11) is 1.67. The van der Waals surface area contributed by atoms with E-state index in [0.29, 0.717) is 36.2 Å². The molecule has 0 amide bonds. The fraction of sp³-hybridized carbons (Fsp3) is 0.421. The van der Waals surface area contributed by atoms with Crippen molar-refractivity contribution in [3.8, 4) is 0 Å². The zero-order valence-corrected chi connectivity index (χ0v) is 16.7. The van der Waals surface area contributed by atoms with Gasteiger partial charge in [0.25, 0.3) is 0 Å². The summed E-state index contributed by atoms with van der Waals surface area (Å²) in [6, 6.07) is 3.66. The molecule has 0 aliphatic heterocycles. The average molecular weight is 389 g/mol. The number of nitrogens with zero attached hydrogens (tertiary/aromatic N) is 2. The van der Waals surface area contributed by atoms with Gasteiger partial charge in [0.05, 0.1) is 24.3 Å². The minimum Gasteiger partial charge on any atom is -0.467 e. The monoisotopic (exact) mass is 389 g/mol. The smallest absolute Gasteiger partial charge is 0.348 e. The Bertz CT molecular complexity index is 921. The summed E-state index contributed by atoms with van der Waals surface area (Å²) in [5.74, 6) is 1.78. The summed E-state index contributed by atoms with van der Waals surface area (Å²) in [6.45, 7) is 6.43. The van der Waals surface area contributed by atoms with Crippen LogP contribution in [0.1, 0.15) is 46.2 Å². The molecule has 144 valence electrons. The van der Waals surface area contributed by atoms with Gasteiger partial charge >= 0.3 is 5.97 Å². The first kappa shape index (κ1) is 19.3. The predicted octanol–water partition coefficient (Wildman–Crippen LogP) is 4.27. The van der Waals surface area contributed by atoms with Crippen LogP contribution in [-0.2, 0) is 9.47 Å². The molecule has 0 saturated heterocycles. The first-order valence-electron chi connectivity index (χ1n) is 8.78. The number of carbonyl (C=O) groups excluding carboxylic acids is 1. The zero-order valence-electron chi connectivity index (χ0n) is 15.9. The summed E-state index contributed by atoms with van der Waals surface area (Å²) in [4.78, 5) is 22.7. The number of hydrogen-bond acceptors (Lipinski definition) is 8. The van der Waals surface area contributed by atoms with Crippen LogP contribution in [0.25, 0.3) is 10.2 Å². The third-order valence-corrected chi connectivity index (χ3v) is 5.34. The van der Waals surface area contributed by atoms with E-state index in [0.717, 1.165) is 21.5 Å². The van der Waals surface area contributed by atoms with Crippen molar-refractivity contribution in [2.45, 2.75) is 33.2 Å². The topological polar surface area (TPSA) is 86.5 Å². The Morgan fingerprint density at radius 3 is 2.85 bits per heavy atom. The average Bonchev–Trinajstić information content (AvgIpc) is 3.27. The maximum absolute atomic E-state index is 12.3. The van der Waals surface area contributed by atoms with E-state index in [1.54, 1.807) is 20.3 Å². The molecule has 0 spiro atoms. The van der Waals surface area contributed by atoms with Crippen molar-refractivity contribution in [1.82, 2.24) is 9.97 Å². The maximum Gasteiger partial charge on any atom is 0.348 e. The molecule has 3 rings (SSSR count). The van der Waals surface area contributed by atoms with E-state index in [1.165, 1.54) is 11.3 Å². The highest BCUT2D eigenvalue weighted by Crippen LogP contribution is 2.36. The number of aromatic nitrogens is 2. The highest BCUT2D eigenvalue weighted by molar-refractivity contribution is 7.20. The van der Waals surface area contributed by atoms with Gasteiger partial charge in [-0.3, -0.25) is 0 Å². The van der Waals surface area contributed by atoms with Gasteiger partial charge in [0.15, 0.2) is 0 Å². The number of thiophene rings is 1. The lowest BCUT2D eigenvalue weighted by Crippen LogP contribution is -2.14. The van der Waals surface area contributed by atoms with Gasteiger partial charge in [0.1, 0.15) is 27.1 Å². The number of esters is 1. The van der Waals surface area contributed by atoms with Gasteiger partial charge in [0.2, 0.25) is 0 Å². The number of furan rings is 1. The van der Waals surface area contributed by atoms with Crippen LogP contribution >= 0.6 is 11.3 Å². The van der Waals surface area contributed by atoms with Crippen LogP contribution < -0.4 is 5.32 Å². The van der Waals surface area contributed by atoms with E-state index < -0.39 is 0 Å². The van der Waals surface area contributed by atoms with Gasteiger partial charge in [-0.15, -0.1) is 11.3 Å². The molecule has 0 aromatic carbocycles. The van der Waals surface area contributed by atoms with E-state index in [9.17, 15) is 4.79 Å². The quantitative estimate of drug-likeness (QED) is 0.576. The fourth-order valence-corrected chi connectivity index (χ4v) is 4.04. The predicted molar refractivity (Wildman–Crippen MR) is 104 cm³/mol. The van der Waals surface area contributed by atoms with Crippen LogP contribution in [0.4, 0.5) is 5.82 Å². The van der Waals surface area contributed by atoms with Gasteiger partial charge in [-0.05, 0) is 44.9 Å². The number of ether oxygens (including phenoxy) is 2. The molecule has 27 heavy (non-hydrogen) atoms. The van der Waals surface area contributed by atoms with E-state index in [2.05, 4.69) is 15.3 Å². The van der Waals surface area contributed by atoms with Gasteiger partial charge in [-0.2, -0.15) is 0 Å². The lowest BCUT2D eigenvalue weighted by atomic mass is 10.1. The van der Waals surface area contributed by atoms with E-state index in [1.807, 2.05) is 26.0 Å². The van der Waals surface area contributed by atoms with Crippen LogP contribution in [0, 0.1) is 13.8 Å². The van der Waals surface area contributed by atoms with Crippen molar-refractivity contribution in [3.05, 3.63) is 40.4 Å². The van der Waals surface area contributed by atoms with Crippen LogP contribution in [-0.4, -0.2) is 36.3 Å². The number of rotatable bonds is 8. The second-order valence-electron chi connectivity index (χ2n) is 6.07. The molecule has 0 aliphatic carbocycles. The molecule has 7 nitrogen and oxygen atoms in total. The number of hydrogen-bond donors (Lipinski definition) is 1. The Hall–Kier alpha value is -2.45. The first-order chi connectivity index (χ1) is 13.0. The maximum atomic E-state index is 12.3. The lowest BCUT2D eigenvalue weighted by Gasteiger charge is -2.18. The second-order valence-corrected chi connectivity index (χ2v) is 7.07. The molecule has 0 fully saturated rings. The highest BCUT2D eigenvalue weighted by atomic mass is 32.1. The minimum absolute atomic E-state index is 0.109. The largest absolute Gasteiger partial charge is 0.467 e. The van der Waals surface area contributed by atoms with Crippen LogP contribution in [0.15, 0.2) is 22.8 Å². The summed E-state index contributed by atoms with van der Waals surface area (Å²) in [5.41, 5.74) is 0.820. The van der Waals surface area contributed by atoms with Gasteiger partial charge < -0.3 is 19.2 Å². The standard InChI is InChI=1S/C19H23N3O4S/c1-5-25-19(23)16-11(2)15-17(20-12(3)21-18(15)27-16)22-13(8-10-24-4)14-7-6-9-26-14/h6-7,9,13H,5,8,10H2,1-4H3,(H,20,21,22). The molecule has 1 unspecified atom stereocenters. The highest BCUT2D eigenvalue weighted by Gasteiger charge is 2.23. The van der Waals surface area contributed by atoms with Gasteiger partial charge in [-0.1, -0.05) is 0 Å². The number of methoxy groups -OCH3 is 1. The van der Waals surface area contributed by atoms with Gasteiger partial charge in [-0.25, -0.2) is 14.8 Å². The minimum atomic E-state index is -0.330. The second kappa shape index (κ2) is 8.49. The number of fused-ring (bicyclic) bond motifs is 1. The zero-order chi connectivity index (χ0) is 19.4. The summed E-state index contributed by atoms with van der Waals surface area (Å²) in [6.07, 6.45) is 2.36. The van der Waals surface area contributed by atoms with Crippen molar-refractivity contribution < 1.29 is 18.7 Å². The van der Waals surface area contributed by atoms with Crippen molar-refractivity contribution >= 4 is 33.3 Å². The molecule has 0 radical (unpaired) electrons. The number of anilines is 1. The molecule has 1 N–H and O–H groups in total. The SMILES string of the molecule is CCOC(=O)c1sc2nc(C)nc(NC(CCOC)c3ccco3)c2c1C. The molecule has 3 aromatic heterocycles. The van der Waals surface area contributed by atoms with Crippen LogP contribution in [0.5, 0.6) is 0 Å². The Kier molecular flexibility index (Phi) is 6.08. The molecule has 0 saturated carbocycles. The summed E-state index contributed by atoms with van der Waals surface area (Å²) in [5, 5.41) is 4.29. The number of carbonyl (C=O) groups is 1. The molecule has 1 atom stereocenters. The molecule has 0 bridgehead atoms. The third-order valence-electron chi connectivity index (χ3n) is 4.17. The van der Waals surface area contributed by atoms with E-state index >= 15 is 0 Å². The fourth-order valence-electron chi connectivity index (χ4n) is 2.92. The molecule has 8 heteroatoms. The molecular weight excluding hydrogens is 366 g/mol. The lowest BCUT2D eigenvalue weighted by molar-refractivity contribution is 0.0531. The van der Waals surface area contributed by atoms with E-state index in [4.69, 9.17) is 13.9 Å². The van der Waals surface area contributed by atoms with Crippen molar-refractivity contribution in [1.29, 1.82) is 0 Å². The first-order valence-corrected chi connectivity index (χ1v) is 9.60. The number of nitrogens with one attached hydrogen (secondary N) is 1. The molecule has 0 aliphatic rings. The molecule has 3 heterocycles. The summed E-state index contributed by atoms with van der Waals surface area (Å²) >= 11 is 1.33. The molecule has 3 aromatic rings. The molecular formula is C19H23N3O4S. The van der Waals surface area contributed by atoms with Crippen molar-refractivity contribution in [2.75, 3.05) is 25.6 Å². The third kappa shape index (κ3) is 4.12. The van der Waals surface area contributed by atoms with E-state index in [-0.39, 0.29) is 12.0 Å².